The van der Waals surface area contributed by atoms with Gasteiger partial charge < -0.3 is 20.1 Å². The quantitative estimate of drug-likeness (QED) is 0.847. The van der Waals surface area contributed by atoms with E-state index >= 15 is 0 Å². The van der Waals surface area contributed by atoms with Gasteiger partial charge in [0.25, 0.3) is 11.8 Å². The van der Waals surface area contributed by atoms with Crippen LogP contribution in [0, 0.1) is 0 Å². The Bertz CT molecular complexity index is 525. The molecular formula is C13H14N2O4. The molecule has 2 amide bonds. The van der Waals surface area contributed by atoms with Gasteiger partial charge in [-0.1, -0.05) is 12.1 Å². The average molecular weight is 262 g/mol. The summed E-state index contributed by atoms with van der Waals surface area (Å²) in [4.78, 5) is 23.6. The summed E-state index contributed by atoms with van der Waals surface area (Å²) in [6.45, 7) is 0.752. The van der Waals surface area contributed by atoms with E-state index in [1.165, 1.54) is 13.3 Å². The van der Waals surface area contributed by atoms with Gasteiger partial charge in [0.2, 0.25) is 5.76 Å². The zero-order valence-corrected chi connectivity index (χ0v) is 10.4. The van der Waals surface area contributed by atoms with E-state index in [4.69, 9.17) is 9.47 Å². The van der Waals surface area contributed by atoms with Crippen molar-refractivity contribution in [1.29, 1.82) is 0 Å². The van der Waals surface area contributed by atoms with Crippen LogP contribution in [0.4, 0.5) is 5.69 Å². The molecule has 1 aromatic rings. The molecule has 0 bridgehead atoms. The fraction of sp³-hybridized carbons (Fsp3) is 0.231. The van der Waals surface area contributed by atoms with Crippen LogP contribution in [-0.2, 0) is 14.3 Å². The second-order valence-electron chi connectivity index (χ2n) is 3.78. The molecule has 1 aliphatic heterocycles. The molecule has 0 aromatic heterocycles. The van der Waals surface area contributed by atoms with Crippen molar-refractivity contribution >= 4 is 17.5 Å². The zero-order valence-electron chi connectivity index (χ0n) is 10.4. The van der Waals surface area contributed by atoms with Crippen molar-refractivity contribution in [3.63, 3.8) is 0 Å². The van der Waals surface area contributed by atoms with E-state index in [-0.39, 0.29) is 11.7 Å². The summed E-state index contributed by atoms with van der Waals surface area (Å²) in [6.07, 6.45) is 1.27. The molecule has 0 unspecified atom stereocenters. The van der Waals surface area contributed by atoms with Crippen LogP contribution >= 0.6 is 0 Å². The highest BCUT2D eigenvalue weighted by Crippen LogP contribution is 2.16. The second-order valence-corrected chi connectivity index (χ2v) is 3.78. The molecule has 6 heteroatoms. The first-order valence-electron chi connectivity index (χ1n) is 5.79. The molecule has 0 fully saturated rings. The van der Waals surface area contributed by atoms with E-state index in [1.807, 2.05) is 0 Å². The number of para-hydroxylation sites is 1. The van der Waals surface area contributed by atoms with Crippen molar-refractivity contribution in [3.05, 3.63) is 41.9 Å². The lowest BCUT2D eigenvalue weighted by atomic mass is 10.1. The molecule has 1 heterocycles. The van der Waals surface area contributed by atoms with Crippen LogP contribution in [-0.4, -0.2) is 32.1 Å². The Morgan fingerprint density at radius 2 is 1.95 bits per heavy atom. The third-order valence-electron chi connectivity index (χ3n) is 2.52. The normalized spacial score (nSPS) is 13.6. The number of benzene rings is 1. The minimum Gasteiger partial charge on any atom is -0.494 e. The van der Waals surface area contributed by atoms with Gasteiger partial charge >= 0.3 is 0 Å². The molecule has 0 atom stereocenters. The van der Waals surface area contributed by atoms with Gasteiger partial charge in [-0.3, -0.25) is 9.59 Å². The van der Waals surface area contributed by atoms with Gasteiger partial charge in [-0.25, -0.2) is 0 Å². The van der Waals surface area contributed by atoms with Crippen molar-refractivity contribution in [3.8, 4) is 0 Å². The van der Waals surface area contributed by atoms with E-state index in [0.717, 1.165) is 0 Å². The average Bonchev–Trinajstić information content (AvgIpc) is 2.48. The van der Waals surface area contributed by atoms with Crippen LogP contribution < -0.4 is 10.6 Å². The maximum absolute atomic E-state index is 11.9. The van der Waals surface area contributed by atoms with E-state index in [1.54, 1.807) is 24.3 Å². The number of hydrogen-bond acceptors (Lipinski definition) is 4. The molecule has 19 heavy (non-hydrogen) atoms. The van der Waals surface area contributed by atoms with E-state index in [2.05, 4.69) is 10.6 Å². The third-order valence-corrected chi connectivity index (χ3v) is 2.52. The van der Waals surface area contributed by atoms with Gasteiger partial charge in [0.05, 0.1) is 11.3 Å². The molecule has 0 aliphatic carbocycles. The van der Waals surface area contributed by atoms with Gasteiger partial charge in [-0.05, 0) is 12.1 Å². The Kier molecular flexibility index (Phi) is 4.02. The first kappa shape index (κ1) is 12.9. The highest BCUT2D eigenvalue weighted by atomic mass is 16.6. The lowest BCUT2D eigenvalue weighted by molar-refractivity contribution is -0.117. The number of anilines is 1. The topological polar surface area (TPSA) is 76.7 Å². The van der Waals surface area contributed by atoms with Gasteiger partial charge in [0.15, 0.2) is 0 Å². The largest absolute Gasteiger partial charge is 0.494 e. The molecule has 0 saturated heterocycles. The molecule has 100 valence electrons. The van der Waals surface area contributed by atoms with Gasteiger partial charge in [-0.15, -0.1) is 0 Å². The molecule has 0 radical (unpaired) electrons. The minimum atomic E-state index is -0.448. The number of rotatable bonds is 3. The Balaban J connectivity index is 2.17. The van der Waals surface area contributed by atoms with Crippen molar-refractivity contribution in [2.24, 2.45) is 0 Å². The summed E-state index contributed by atoms with van der Waals surface area (Å²) in [5, 5.41) is 5.14. The summed E-state index contributed by atoms with van der Waals surface area (Å²) in [5.74, 6) is -0.625. The minimum absolute atomic E-state index is 0.0953. The smallest absolute Gasteiger partial charge is 0.294 e. The number of carbonyl (C=O) groups is 2. The molecule has 0 saturated carbocycles. The van der Waals surface area contributed by atoms with Crippen molar-refractivity contribution in [2.75, 3.05) is 25.6 Å². The number of carbonyl (C=O) groups excluding carboxylic acids is 2. The SMILES string of the molecule is CNC(=O)c1ccccc1NC(=O)C1=COCCO1. The molecule has 2 N–H and O–H groups in total. The second kappa shape index (κ2) is 5.90. The molecule has 6 nitrogen and oxygen atoms in total. The fourth-order valence-electron chi connectivity index (χ4n) is 1.60. The van der Waals surface area contributed by atoms with Crippen molar-refractivity contribution in [1.82, 2.24) is 5.32 Å². The molecule has 1 aromatic carbocycles. The van der Waals surface area contributed by atoms with E-state index < -0.39 is 5.91 Å². The van der Waals surface area contributed by atoms with Crippen LogP contribution in [0.15, 0.2) is 36.3 Å². The summed E-state index contributed by atoms with van der Waals surface area (Å²) < 4.78 is 10.2. The van der Waals surface area contributed by atoms with Crippen LogP contribution in [0.1, 0.15) is 10.4 Å². The van der Waals surface area contributed by atoms with Crippen molar-refractivity contribution < 1.29 is 19.1 Å². The van der Waals surface area contributed by atoms with Crippen LogP contribution in [0.25, 0.3) is 0 Å². The van der Waals surface area contributed by atoms with Gasteiger partial charge in [0.1, 0.15) is 19.5 Å². The monoisotopic (exact) mass is 262 g/mol. The maximum atomic E-state index is 11.9. The van der Waals surface area contributed by atoms with Crippen LogP contribution in [0.5, 0.6) is 0 Å². The van der Waals surface area contributed by atoms with Crippen LogP contribution in [0.3, 0.4) is 0 Å². The summed E-state index contributed by atoms with van der Waals surface area (Å²) in [5.41, 5.74) is 0.803. The van der Waals surface area contributed by atoms with Crippen LogP contribution in [0.2, 0.25) is 0 Å². The molecule has 2 rings (SSSR count). The zero-order chi connectivity index (χ0) is 13.7. The number of ether oxygens (including phenoxy) is 2. The maximum Gasteiger partial charge on any atom is 0.294 e. The number of nitrogens with one attached hydrogen (secondary N) is 2. The Hall–Kier alpha value is -2.50. The Morgan fingerprint density at radius 1 is 1.16 bits per heavy atom. The highest BCUT2D eigenvalue weighted by molar-refractivity contribution is 6.07. The predicted molar refractivity (Wildman–Crippen MR) is 68.4 cm³/mol. The standard InChI is InChI=1S/C13H14N2O4/c1-14-12(16)9-4-2-3-5-10(9)15-13(17)11-8-18-6-7-19-11/h2-5,8H,6-7H2,1H3,(H,14,16)(H,15,17). The number of hydrogen-bond donors (Lipinski definition) is 2. The lowest BCUT2D eigenvalue weighted by Crippen LogP contribution is -2.24. The first-order valence-corrected chi connectivity index (χ1v) is 5.79. The van der Waals surface area contributed by atoms with Gasteiger partial charge in [-0.2, -0.15) is 0 Å². The Labute approximate surface area is 110 Å². The highest BCUT2D eigenvalue weighted by Gasteiger charge is 2.17. The lowest BCUT2D eigenvalue weighted by Gasteiger charge is -2.16. The van der Waals surface area contributed by atoms with Crippen molar-refractivity contribution in [2.45, 2.75) is 0 Å². The summed E-state index contributed by atoms with van der Waals surface area (Å²) >= 11 is 0. The summed E-state index contributed by atoms with van der Waals surface area (Å²) in [7, 11) is 1.53. The third kappa shape index (κ3) is 3.04. The predicted octanol–water partition coefficient (Wildman–Crippen LogP) is 0.873. The molecule has 0 spiro atoms. The van der Waals surface area contributed by atoms with Gasteiger partial charge in [0, 0.05) is 7.05 Å². The van der Waals surface area contributed by atoms with E-state index in [0.29, 0.717) is 24.5 Å². The first-order chi connectivity index (χ1) is 9.22. The summed E-state index contributed by atoms with van der Waals surface area (Å²) in [6, 6.07) is 6.72. The Morgan fingerprint density at radius 3 is 2.63 bits per heavy atom. The van der Waals surface area contributed by atoms with E-state index in [9.17, 15) is 9.59 Å². The molecular weight excluding hydrogens is 248 g/mol. The molecule has 1 aliphatic rings. The fourth-order valence-corrected chi connectivity index (χ4v) is 1.60. The number of amides is 2.